The molecule has 0 radical (unpaired) electrons. The van der Waals surface area contributed by atoms with Crippen LogP contribution in [0.2, 0.25) is 0 Å². The van der Waals surface area contributed by atoms with Gasteiger partial charge in [-0.25, -0.2) is 13.8 Å². The monoisotopic (exact) mass is 461 g/mol. The number of hydrogen-bond donors (Lipinski definition) is 1. The second-order valence-corrected chi connectivity index (χ2v) is 7.88. The van der Waals surface area contributed by atoms with Crippen LogP contribution >= 0.6 is 0 Å². The van der Waals surface area contributed by atoms with Gasteiger partial charge in [0, 0.05) is 23.5 Å². The third-order valence-electron chi connectivity index (χ3n) is 5.45. The summed E-state index contributed by atoms with van der Waals surface area (Å²) in [4.78, 5) is 43.3. The zero-order valence-corrected chi connectivity index (χ0v) is 18.6. The molecule has 4 aromatic rings. The molecule has 0 spiro atoms. The number of carbonyl (C=O) groups is 2. The van der Waals surface area contributed by atoms with Crippen LogP contribution < -0.4 is 10.7 Å². The standard InChI is InChI=1S/C26H21F2N3O3/c1-3-16-5-7-17(8-6-16)24(33)20-13-31(26-19(25(20)34)10-4-15(2)29-26)14-23(32)30-22-11-9-18(27)12-21(22)28/h4-13H,3,14H2,1-2H3,(H,30,32). The van der Waals surface area contributed by atoms with E-state index < -0.39 is 28.8 Å². The first-order valence-electron chi connectivity index (χ1n) is 10.7. The number of nitrogens with one attached hydrogen (secondary N) is 1. The summed E-state index contributed by atoms with van der Waals surface area (Å²) in [5.74, 6) is -2.80. The first-order chi connectivity index (χ1) is 16.3. The molecule has 2 aromatic carbocycles. The van der Waals surface area contributed by atoms with Crippen molar-refractivity contribution in [3.8, 4) is 0 Å². The van der Waals surface area contributed by atoms with Crippen molar-refractivity contribution in [1.29, 1.82) is 0 Å². The summed E-state index contributed by atoms with van der Waals surface area (Å²) in [6, 6.07) is 13.0. The summed E-state index contributed by atoms with van der Waals surface area (Å²) in [6.07, 6.45) is 2.11. The molecule has 0 atom stereocenters. The predicted molar refractivity (Wildman–Crippen MR) is 125 cm³/mol. The van der Waals surface area contributed by atoms with Crippen molar-refractivity contribution in [3.63, 3.8) is 0 Å². The largest absolute Gasteiger partial charge is 0.322 e. The fourth-order valence-electron chi connectivity index (χ4n) is 3.62. The number of aromatic nitrogens is 2. The van der Waals surface area contributed by atoms with Gasteiger partial charge >= 0.3 is 0 Å². The summed E-state index contributed by atoms with van der Waals surface area (Å²) in [6.45, 7) is 3.38. The highest BCUT2D eigenvalue weighted by Gasteiger charge is 2.19. The van der Waals surface area contributed by atoms with Crippen LogP contribution in [0.25, 0.3) is 11.0 Å². The van der Waals surface area contributed by atoms with Gasteiger partial charge < -0.3 is 9.88 Å². The lowest BCUT2D eigenvalue weighted by molar-refractivity contribution is -0.116. The summed E-state index contributed by atoms with van der Waals surface area (Å²) >= 11 is 0. The van der Waals surface area contributed by atoms with Crippen molar-refractivity contribution in [2.24, 2.45) is 0 Å². The first kappa shape index (κ1) is 23.0. The number of pyridine rings is 2. The summed E-state index contributed by atoms with van der Waals surface area (Å²) < 4.78 is 28.5. The number of ketones is 1. The lowest BCUT2D eigenvalue weighted by atomic mass is 10.0. The van der Waals surface area contributed by atoms with E-state index >= 15 is 0 Å². The number of amides is 1. The number of hydrogen-bond acceptors (Lipinski definition) is 4. The van der Waals surface area contributed by atoms with Gasteiger partial charge in [0.2, 0.25) is 11.3 Å². The molecule has 0 aliphatic heterocycles. The Kier molecular flexibility index (Phi) is 6.32. The molecule has 8 heteroatoms. The molecule has 2 aromatic heterocycles. The van der Waals surface area contributed by atoms with Gasteiger partial charge in [0.05, 0.1) is 16.6 Å². The normalized spacial score (nSPS) is 10.9. The van der Waals surface area contributed by atoms with Crippen molar-refractivity contribution < 1.29 is 18.4 Å². The molecular formula is C26H21F2N3O3. The molecule has 0 fully saturated rings. The van der Waals surface area contributed by atoms with Gasteiger partial charge in [-0.15, -0.1) is 0 Å². The van der Waals surface area contributed by atoms with Crippen LogP contribution in [0.5, 0.6) is 0 Å². The third-order valence-corrected chi connectivity index (χ3v) is 5.45. The SMILES string of the molecule is CCc1ccc(C(=O)c2cn(CC(=O)Nc3ccc(F)cc3F)c3nc(C)ccc3c2=O)cc1. The van der Waals surface area contributed by atoms with E-state index in [-0.39, 0.29) is 28.8 Å². The van der Waals surface area contributed by atoms with Crippen LogP contribution in [0, 0.1) is 18.6 Å². The van der Waals surface area contributed by atoms with Crippen LogP contribution in [0.3, 0.4) is 0 Å². The van der Waals surface area contributed by atoms with Crippen molar-refractivity contribution >= 4 is 28.4 Å². The van der Waals surface area contributed by atoms with Gasteiger partial charge in [-0.1, -0.05) is 31.2 Å². The Morgan fingerprint density at radius 2 is 1.76 bits per heavy atom. The lowest BCUT2D eigenvalue weighted by Crippen LogP contribution is -2.25. The number of benzene rings is 2. The molecule has 1 N–H and O–H groups in total. The zero-order chi connectivity index (χ0) is 24.4. The molecule has 0 unspecified atom stereocenters. The Hall–Kier alpha value is -4.20. The highest BCUT2D eigenvalue weighted by atomic mass is 19.1. The van der Waals surface area contributed by atoms with Crippen LogP contribution in [-0.4, -0.2) is 21.2 Å². The minimum absolute atomic E-state index is 0.108. The van der Waals surface area contributed by atoms with Crippen molar-refractivity contribution in [2.45, 2.75) is 26.8 Å². The minimum atomic E-state index is -0.918. The lowest BCUT2D eigenvalue weighted by Gasteiger charge is -2.13. The van der Waals surface area contributed by atoms with Gasteiger partial charge in [0.1, 0.15) is 23.8 Å². The average Bonchev–Trinajstić information content (AvgIpc) is 2.82. The smallest absolute Gasteiger partial charge is 0.244 e. The number of carbonyl (C=O) groups excluding carboxylic acids is 2. The molecular weight excluding hydrogens is 440 g/mol. The van der Waals surface area contributed by atoms with E-state index in [1.165, 1.54) is 10.8 Å². The molecule has 1 amide bonds. The third kappa shape index (κ3) is 4.61. The van der Waals surface area contributed by atoms with Gasteiger partial charge in [-0.05, 0) is 43.2 Å². The van der Waals surface area contributed by atoms with Crippen LogP contribution in [0.1, 0.15) is 34.1 Å². The van der Waals surface area contributed by atoms with Gasteiger partial charge in [-0.2, -0.15) is 0 Å². The summed E-state index contributed by atoms with van der Waals surface area (Å²) in [5, 5.41) is 2.56. The summed E-state index contributed by atoms with van der Waals surface area (Å²) in [5.41, 5.74) is 1.44. The number of anilines is 1. The number of aryl methyl sites for hydroxylation is 2. The van der Waals surface area contributed by atoms with E-state index in [4.69, 9.17) is 0 Å². The van der Waals surface area contributed by atoms with Crippen molar-refractivity contribution in [1.82, 2.24) is 9.55 Å². The topological polar surface area (TPSA) is 81.1 Å². The van der Waals surface area contributed by atoms with Gasteiger partial charge in [-0.3, -0.25) is 14.4 Å². The molecule has 0 aliphatic rings. The maximum absolute atomic E-state index is 14.0. The van der Waals surface area contributed by atoms with Gasteiger partial charge in [0.25, 0.3) is 0 Å². The minimum Gasteiger partial charge on any atom is -0.322 e. The maximum atomic E-state index is 14.0. The van der Waals surface area contributed by atoms with Crippen LogP contribution in [-0.2, 0) is 17.8 Å². The van der Waals surface area contributed by atoms with E-state index in [2.05, 4.69) is 10.3 Å². The second kappa shape index (κ2) is 9.35. The molecule has 172 valence electrons. The second-order valence-electron chi connectivity index (χ2n) is 7.88. The highest BCUT2D eigenvalue weighted by molar-refractivity contribution is 6.10. The highest BCUT2D eigenvalue weighted by Crippen LogP contribution is 2.17. The number of fused-ring (bicyclic) bond motifs is 1. The first-order valence-corrected chi connectivity index (χ1v) is 10.7. The molecule has 4 rings (SSSR count). The van der Waals surface area contributed by atoms with Crippen LogP contribution in [0.4, 0.5) is 14.5 Å². The zero-order valence-electron chi connectivity index (χ0n) is 18.6. The van der Waals surface area contributed by atoms with Crippen LogP contribution in [0.15, 0.2) is 65.6 Å². The van der Waals surface area contributed by atoms with E-state index in [1.807, 2.05) is 19.1 Å². The Morgan fingerprint density at radius 1 is 1.03 bits per heavy atom. The molecule has 0 bridgehead atoms. The maximum Gasteiger partial charge on any atom is 0.244 e. The fraction of sp³-hybridized carbons (Fsp3) is 0.154. The molecule has 0 saturated carbocycles. The number of halogens is 2. The Morgan fingerprint density at radius 3 is 2.44 bits per heavy atom. The average molecular weight is 461 g/mol. The molecule has 6 nitrogen and oxygen atoms in total. The van der Waals surface area contributed by atoms with Crippen molar-refractivity contribution in [3.05, 3.63) is 105 Å². The van der Waals surface area contributed by atoms with Crippen molar-refractivity contribution in [2.75, 3.05) is 5.32 Å². The number of nitrogens with zero attached hydrogens (tertiary/aromatic N) is 2. The van der Waals surface area contributed by atoms with E-state index in [9.17, 15) is 23.2 Å². The predicted octanol–water partition coefficient (Wildman–Crippen LogP) is 4.42. The fourth-order valence-corrected chi connectivity index (χ4v) is 3.62. The molecule has 34 heavy (non-hydrogen) atoms. The Balaban J connectivity index is 1.75. The van der Waals surface area contributed by atoms with Gasteiger partial charge in [0.15, 0.2) is 5.78 Å². The molecule has 2 heterocycles. The number of rotatable bonds is 6. The molecule has 0 saturated heterocycles. The Bertz CT molecular complexity index is 1480. The van der Waals surface area contributed by atoms with E-state index in [1.54, 1.807) is 31.2 Å². The Labute approximate surface area is 193 Å². The molecule has 0 aliphatic carbocycles. The summed E-state index contributed by atoms with van der Waals surface area (Å²) in [7, 11) is 0. The van der Waals surface area contributed by atoms with E-state index in [0.29, 0.717) is 17.3 Å². The van der Waals surface area contributed by atoms with E-state index in [0.717, 1.165) is 24.1 Å². The quantitative estimate of drug-likeness (QED) is 0.431.